The van der Waals surface area contributed by atoms with Crippen LogP contribution in [0.4, 0.5) is 5.69 Å². The molecule has 0 saturated carbocycles. The Balaban J connectivity index is 1.83. The molecular weight excluding hydrogens is 300 g/mol. The quantitative estimate of drug-likeness (QED) is 0.780. The fraction of sp³-hybridized carbons (Fsp3) is 0.316. The smallest absolute Gasteiger partial charge is 0.255 e. The maximum atomic E-state index is 12.4. The Bertz CT molecular complexity index is 902. The number of hydrogen-bond donors (Lipinski definition) is 1. The number of benzene rings is 1. The number of fused-ring (bicyclic) bond motifs is 1. The first-order chi connectivity index (χ1) is 11.3. The zero-order chi connectivity index (χ0) is 17.5. The van der Waals surface area contributed by atoms with E-state index in [2.05, 4.69) is 36.2 Å². The number of pyridine rings is 1. The zero-order valence-corrected chi connectivity index (χ0v) is 14.7. The Kier molecular flexibility index (Phi) is 3.87. The largest absolute Gasteiger partial charge is 0.321 e. The van der Waals surface area contributed by atoms with Gasteiger partial charge in [-0.1, -0.05) is 32.9 Å². The third kappa shape index (κ3) is 3.02. The van der Waals surface area contributed by atoms with Crippen LogP contribution in [-0.4, -0.2) is 20.7 Å². The molecule has 1 aromatic carbocycles. The predicted molar refractivity (Wildman–Crippen MR) is 96.3 cm³/mol. The molecule has 3 aromatic rings. The topological polar surface area (TPSA) is 59.8 Å². The van der Waals surface area contributed by atoms with Crippen molar-refractivity contribution in [2.75, 3.05) is 5.32 Å². The van der Waals surface area contributed by atoms with Crippen molar-refractivity contribution in [2.24, 2.45) is 7.05 Å². The van der Waals surface area contributed by atoms with Gasteiger partial charge in [-0.2, -0.15) is 5.10 Å². The monoisotopic (exact) mass is 322 g/mol. The number of aryl methyl sites for hydroxylation is 2. The number of aromatic nitrogens is 3. The van der Waals surface area contributed by atoms with Crippen LogP contribution in [0.5, 0.6) is 0 Å². The Labute approximate surface area is 141 Å². The van der Waals surface area contributed by atoms with Gasteiger partial charge >= 0.3 is 0 Å². The molecule has 0 aliphatic heterocycles. The second-order valence-corrected chi connectivity index (χ2v) is 7.09. The van der Waals surface area contributed by atoms with Gasteiger partial charge in [0.25, 0.3) is 5.91 Å². The Hall–Kier alpha value is -2.69. The molecule has 0 spiro atoms. The van der Waals surface area contributed by atoms with E-state index in [-0.39, 0.29) is 11.3 Å². The number of nitrogens with zero attached hydrogens (tertiary/aromatic N) is 3. The first kappa shape index (κ1) is 16.2. The summed E-state index contributed by atoms with van der Waals surface area (Å²) in [6.45, 7) is 8.39. The number of nitrogens with one attached hydrogen (secondary N) is 1. The van der Waals surface area contributed by atoms with Gasteiger partial charge in [0.15, 0.2) is 5.65 Å². The minimum atomic E-state index is -0.141. The zero-order valence-electron chi connectivity index (χ0n) is 14.7. The van der Waals surface area contributed by atoms with E-state index in [0.29, 0.717) is 11.3 Å². The molecule has 124 valence electrons. The van der Waals surface area contributed by atoms with Crippen LogP contribution >= 0.6 is 0 Å². The van der Waals surface area contributed by atoms with Gasteiger partial charge in [-0.05, 0) is 36.1 Å². The fourth-order valence-electron chi connectivity index (χ4n) is 2.70. The highest BCUT2D eigenvalue weighted by Crippen LogP contribution is 2.23. The maximum Gasteiger partial charge on any atom is 0.255 e. The number of rotatable bonds is 2. The van der Waals surface area contributed by atoms with E-state index in [0.717, 1.165) is 16.7 Å². The average molecular weight is 322 g/mol. The minimum absolute atomic E-state index is 0.0712. The molecule has 0 bridgehead atoms. The average Bonchev–Trinajstić information content (AvgIpc) is 2.81. The van der Waals surface area contributed by atoms with E-state index in [4.69, 9.17) is 0 Å². The van der Waals surface area contributed by atoms with Crippen LogP contribution in [0.3, 0.4) is 0 Å². The standard InChI is InChI=1S/C19H22N4O/c1-12-16-10-15(11-20-17(16)23(5)22-12)21-18(24)13-6-8-14(9-7-13)19(2,3)4/h6-11H,1-5H3,(H,21,24). The number of amides is 1. The predicted octanol–water partition coefficient (Wildman–Crippen LogP) is 3.83. The lowest BCUT2D eigenvalue weighted by Gasteiger charge is -2.19. The molecule has 0 radical (unpaired) electrons. The maximum absolute atomic E-state index is 12.4. The van der Waals surface area contributed by atoms with Gasteiger partial charge in [0.05, 0.1) is 17.6 Å². The number of hydrogen-bond acceptors (Lipinski definition) is 3. The summed E-state index contributed by atoms with van der Waals surface area (Å²) in [5, 5.41) is 8.19. The van der Waals surface area contributed by atoms with Crippen molar-refractivity contribution in [3.63, 3.8) is 0 Å². The number of carbonyl (C=O) groups is 1. The van der Waals surface area contributed by atoms with E-state index >= 15 is 0 Å². The molecule has 0 aliphatic rings. The molecule has 0 aliphatic carbocycles. The van der Waals surface area contributed by atoms with Crippen molar-refractivity contribution in [3.05, 3.63) is 53.3 Å². The van der Waals surface area contributed by atoms with Crippen LogP contribution in [0, 0.1) is 6.92 Å². The van der Waals surface area contributed by atoms with Crippen LogP contribution in [-0.2, 0) is 12.5 Å². The molecule has 3 rings (SSSR count). The van der Waals surface area contributed by atoms with Crippen LogP contribution in [0.1, 0.15) is 42.4 Å². The van der Waals surface area contributed by atoms with Crippen LogP contribution in [0.2, 0.25) is 0 Å². The highest BCUT2D eigenvalue weighted by atomic mass is 16.1. The fourth-order valence-corrected chi connectivity index (χ4v) is 2.70. The van der Waals surface area contributed by atoms with E-state index in [1.54, 1.807) is 10.9 Å². The summed E-state index contributed by atoms with van der Waals surface area (Å²) in [5.41, 5.74) is 4.27. The first-order valence-electron chi connectivity index (χ1n) is 7.97. The molecule has 1 amide bonds. The molecule has 0 fully saturated rings. The van der Waals surface area contributed by atoms with Crippen molar-refractivity contribution in [3.8, 4) is 0 Å². The Morgan fingerprint density at radius 3 is 2.46 bits per heavy atom. The molecule has 2 heterocycles. The van der Waals surface area contributed by atoms with Gasteiger partial charge < -0.3 is 5.32 Å². The Morgan fingerprint density at radius 1 is 1.17 bits per heavy atom. The van der Waals surface area contributed by atoms with Gasteiger partial charge in [-0.15, -0.1) is 0 Å². The summed E-state index contributed by atoms with van der Waals surface area (Å²) in [6, 6.07) is 9.63. The second kappa shape index (κ2) is 5.74. The highest BCUT2D eigenvalue weighted by molar-refractivity contribution is 6.04. The van der Waals surface area contributed by atoms with E-state index < -0.39 is 0 Å². The molecule has 2 aromatic heterocycles. The van der Waals surface area contributed by atoms with Crippen molar-refractivity contribution in [1.29, 1.82) is 0 Å². The Morgan fingerprint density at radius 2 is 1.83 bits per heavy atom. The molecule has 0 saturated heterocycles. The third-order valence-electron chi connectivity index (χ3n) is 4.13. The molecule has 24 heavy (non-hydrogen) atoms. The summed E-state index contributed by atoms with van der Waals surface area (Å²) < 4.78 is 1.74. The van der Waals surface area contributed by atoms with E-state index in [1.807, 2.05) is 44.3 Å². The molecule has 0 atom stereocenters. The lowest BCUT2D eigenvalue weighted by Crippen LogP contribution is -2.14. The van der Waals surface area contributed by atoms with Gasteiger partial charge in [-0.25, -0.2) is 4.98 Å². The second-order valence-electron chi connectivity index (χ2n) is 7.09. The lowest BCUT2D eigenvalue weighted by atomic mass is 9.87. The first-order valence-corrected chi connectivity index (χ1v) is 7.97. The number of anilines is 1. The molecule has 5 nitrogen and oxygen atoms in total. The van der Waals surface area contributed by atoms with Gasteiger partial charge in [-0.3, -0.25) is 9.48 Å². The van der Waals surface area contributed by atoms with Crippen molar-refractivity contribution < 1.29 is 4.79 Å². The van der Waals surface area contributed by atoms with Crippen molar-refractivity contribution in [1.82, 2.24) is 14.8 Å². The summed E-state index contributed by atoms with van der Waals surface area (Å²) in [5.74, 6) is -0.141. The van der Waals surface area contributed by atoms with Gasteiger partial charge in [0, 0.05) is 18.0 Å². The van der Waals surface area contributed by atoms with E-state index in [9.17, 15) is 4.79 Å². The normalized spacial score (nSPS) is 11.7. The van der Waals surface area contributed by atoms with E-state index in [1.165, 1.54) is 5.56 Å². The lowest BCUT2D eigenvalue weighted by molar-refractivity contribution is 0.102. The van der Waals surface area contributed by atoms with Crippen molar-refractivity contribution >= 4 is 22.6 Å². The summed E-state index contributed by atoms with van der Waals surface area (Å²) in [7, 11) is 1.86. The SMILES string of the molecule is Cc1nn(C)c2ncc(NC(=O)c3ccc(C(C)(C)C)cc3)cc12. The van der Waals surface area contributed by atoms with Crippen LogP contribution in [0.15, 0.2) is 36.5 Å². The van der Waals surface area contributed by atoms with Crippen molar-refractivity contribution in [2.45, 2.75) is 33.1 Å². The highest BCUT2D eigenvalue weighted by Gasteiger charge is 2.15. The van der Waals surface area contributed by atoms with Crippen LogP contribution in [0.25, 0.3) is 11.0 Å². The molecular formula is C19H22N4O. The molecule has 1 N–H and O–H groups in total. The summed E-state index contributed by atoms with van der Waals surface area (Å²) in [4.78, 5) is 16.8. The summed E-state index contributed by atoms with van der Waals surface area (Å²) in [6.07, 6.45) is 1.66. The third-order valence-corrected chi connectivity index (χ3v) is 4.13. The molecule has 5 heteroatoms. The summed E-state index contributed by atoms with van der Waals surface area (Å²) >= 11 is 0. The van der Waals surface area contributed by atoms with Gasteiger partial charge in [0.2, 0.25) is 0 Å². The minimum Gasteiger partial charge on any atom is -0.321 e. The van der Waals surface area contributed by atoms with Crippen LogP contribution < -0.4 is 5.32 Å². The van der Waals surface area contributed by atoms with Gasteiger partial charge in [0.1, 0.15) is 0 Å². The molecule has 0 unspecified atom stereocenters. The number of carbonyl (C=O) groups excluding carboxylic acids is 1.